The lowest BCUT2D eigenvalue weighted by molar-refractivity contribution is -0.145. The highest BCUT2D eigenvalue weighted by Gasteiger charge is 2.32. The number of hydrogen-bond acceptors (Lipinski definition) is 7. The number of carbonyl (C=O) groups is 4. The number of fused-ring (bicyclic) bond motifs is 2. The largest absolute Gasteiger partial charge is 0.489 e. The molecule has 0 unspecified atom stereocenters. The average Bonchev–Trinajstić information content (AvgIpc) is 2.69. The lowest BCUT2D eigenvalue weighted by Crippen LogP contribution is -2.22. The van der Waals surface area contributed by atoms with Gasteiger partial charge in [0.15, 0.2) is 11.5 Å². The number of carbonyl (C=O) groups excluding carboxylic acids is 2. The van der Waals surface area contributed by atoms with Crippen LogP contribution in [0, 0.1) is 0 Å². The number of aryl methyl sites for hydroxylation is 1. The molecule has 2 aromatic carbocycles. The molecule has 0 saturated heterocycles. The smallest absolute Gasteiger partial charge is 0.343 e. The minimum absolute atomic E-state index is 0. The minimum atomic E-state index is -1.56. The molecule has 0 fully saturated rings. The number of carboxylic acids is 2. The number of aliphatic carboxylic acids is 2. The molecule has 10 nitrogen and oxygen atoms in total. The molecule has 0 aromatic heterocycles. The number of hydrogen-bond donors (Lipinski definition) is 4. The van der Waals surface area contributed by atoms with E-state index in [-0.39, 0.29) is 47.2 Å². The summed E-state index contributed by atoms with van der Waals surface area (Å²) in [6.45, 7) is 0.0964. The molecule has 6 N–H and O–H groups in total. The van der Waals surface area contributed by atoms with Crippen LogP contribution in [0.5, 0.6) is 11.5 Å². The maximum Gasteiger partial charge on any atom is 0.343 e. The Morgan fingerprint density at radius 2 is 1.81 bits per heavy atom. The summed E-state index contributed by atoms with van der Waals surface area (Å²) < 4.78 is 11.2. The number of halogens is 1. The zero-order valence-corrected chi connectivity index (χ0v) is 17.5. The first-order valence-electron chi connectivity index (χ1n) is 9.33. The van der Waals surface area contributed by atoms with E-state index >= 15 is 0 Å². The first-order valence-corrected chi connectivity index (χ1v) is 9.33. The van der Waals surface area contributed by atoms with Crippen molar-refractivity contribution in [2.75, 3.05) is 12.3 Å². The minimum Gasteiger partial charge on any atom is -0.489 e. The van der Waals surface area contributed by atoms with Gasteiger partial charge in [-0.25, -0.2) is 4.79 Å². The van der Waals surface area contributed by atoms with Crippen molar-refractivity contribution in [3.05, 3.63) is 52.6 Å². The highest BCUT2D eigenvalue weighted by atomic mass is 35.5. The fourth-order valence-electron chi connectivity index (χ4n) is 3.40. The van der Waals surface area contributed by atoms with Crippen LogP contribution >= 0.6 is 12.4 Å². The van der Waals surface area contributed by atoms with E-state index in [1.165, 1.54) is 24.3 Å². The molecule has 32 heavy (non-hydrogen) atoms. The lowest BCUT2D eigenvalue weighted by Gasteiger charge is -2.22. The Morgan fingerprint density at radius 1 is 1.09 bits per heavy atom. The van der Waals surface area contributed by atoms with Gasteiger partial charge in [-0.1, -0.05) is 6.07 Å². The van der Waals surface area contributed by atoms with Gasteiger partial charge in [-0.2, -0.15) is 0 Å². The van der Waals surface area contributed by atoms with Crippen LogP contribution in [0.1, 0.15) is 50.6 Å². The summed E-state index contributed by atoms with van der Waals surface area (Å²) in [7, 11) is 0. The molecular formula is C21H21ClN2O8. The molecule has 2 aromatic rings. The van der Waals surface area contributed by atoms with Gasteiger partial charge in [-0.3, -0.25) is 14.4 Å². The van der Waals surface area contributed by atoms with E-state index in [4.69, 9.17) is 26.0 Å². The van der Waals surface area contributed by atoms with Crippen LogP contribution in [0.4, 0.5) is 5.69 Å². The molecule has 1 aliphatic rings. The van der Waals surface area contributed by atoms with Gasteiger partial charge in [0.05, 0.1) is 30.1 Å². The standard InChI is InChI=1S/C21H20N2O8.ClH/c22-11-3-4-12-10(8-11)2-1-7-30-17-14(19(23)26)6-5-13(18(17)31-21(12)29)15(20(27)28)9-16(24)25;/h3-6,8,15H,1-2,7,9,22H2,(H2,23,26)(H,24,25)(H,27,28);1H/t15-;/m0./s1. The second kappa shape index (κ2) is 10.0. The van der Waals surface area contributed by atoms with E-state index in [1.807, 2.05) is 0 Å². The van der Waals surface area contributed by atoms with E-state index in [9.17, 15) is 24.3 Å². The van der Waals surface area contributed by atoms with Crippen LogP contribution < -0.4 is 20.9 Å². The van der Waals surface area contributed by atoms with Crippen molar-refractivity contribution >= 4 is 41.9 Å². The molecule has 0 spiro atoms. The highest BCUT2D eigenvalue weighted by molar-refractivity contribution is 5.99. The van der Waals surface area contributed by atoms with Crippen LogP contribution in [-0.2, 0) is 16.0 Å². The lowest BCUT2D eigenvalue weighted by atomic mass is 9.92. The van der Waals surface area contributed by atoms with Crippen LogP contribution in [0.25, 0.3) is 0 Å². The van der Waals surface area contributed by atoms with E-state index < -0.39 is 36.2 Å². The zero-order chi connectivity index (χ0) is 22.7. The quantitative estimate of drug-likeness (QED) is 0.292. The molecule has 1 heterocycles. The third-order valence-electron chi connectivity index (χ3n) is 4.84. The number of rotatable bonds is 5. The van der Waals surface area contributed by atoms with Gasteiger partial charge in [0.25, 0.3) is 5.91 Å². The Bertz CT molecular complexity index is 1090. The summed E-state index contributed by atoms with van der Waals surface area (Å²) in [5.41, 5.74) is 12.2. The molecule has 3 rings (SSSR count). The Balaban J connectivity index is 0.00000363. The van der Waals surface area contributed by atoms with Crippen molar-refractivity contribution in [2.45, 2.75) is 25.2 Å². The Hall–Kier alpha value is -3.79. The average molecular weight is 465 g/mol. The van der Waals surface area contributed by atoms with Gasteiger partial charge in [0.1, 0.15) is 0 Å². The molecule has 1 aliphatic heterocycles. The first-order chi connectivity index (χ1) is 14.7. The van der Waals surface area contributed by atoms with Crippen molar-refractivity contribution in [1.82, 2.24) is 0 Å². The predicted molar refractivity (Wildman–Crippen MR) is 114 cm³/mol. The second-order valence-electron chi connectivity index (χ2n) is 6.97. The van der Waals surface area contributed by atoms with Crippen LogP contribution in [0.15, 0.2) is 30.3 Å². The van der Waals surface area contributed by atoms with Gasteiger partial charge in [-0.05, 0) is 42.7 Å². The third-order valence-corrected chi connectivity index (χ3v) is 4.84. The van der Waals surface area contributed by atoms with E-state index in [0.717, 1.165) is 0 Å². The number of carboxylic acid groups (broad SMARTS) is 2. The van der Waals surface area contributed by atoms with E-state index in [1.54, 1.807) is 6.07 Å². The molecule has 0 saturated carbocycles. The molecular weight excluding hydrogens is 444 g/mol. The van der Waals surface area contributed by atoms with Crippen LogP contribution in [0.3, 0.4) is 0 Å². The number of ether oxygens (including phenoxy) is 2. The van der Waals surface area contributed by atoms with Crippen molar-refractivity contribution in [2.24, 2.45) is 5.73 Å². The topological polar surface area (TPSA) is 179 Å². The van der Waals surface area contributed by atoms with E-state index in [0.29, 0.717) is 24.1 Å². The van der Waals surface area contributed by atoms with Crippen molar-refractivity contribution < 1.29 is 38.9 Å². The summed E-state index contributed by atoms with van der Waals surface area (Å²) in [5, 5.41) is 18.7. The van der Waals surface area contributed by atoms with Crippen LogP contribution in [0.2, 0.25) is 0 Å². The molecule has 0 bridgehead atoms. The van der Waals surface area contributed by atoms with Crippen LogP contribution in [-0.4, -0.2) is 40.6 Å². The molecule has 0 aliphatic carbocycles. The number of benzene rings is 2. The van der Waals surface area contributed by atoms with Gasteiger partial charge in [0, 0.05) is 11.3 Å². The Labute approximate surface area is 188 Å². The zero-order valence-electron chi connectivity index (χ0n) is 16.7. The fourth-order valence-corrected chi connectivity index (χ4v) is 3.40. The van der Waals surface area contributed by atoms with Crippen molar-refractivity contribution in [3.8, 4) is 11.5 Å². The van der Waals surface area contributed by atoms with Gasteiger partial charge < -0.3 is 31.2 Å². The number of anilines is 1. The Kier molecular flexibility index (Phi) is 7.66. The van der Waals surface area contributed by atoms with Gasteiger partial charge in [-0.15, -0.1) is 12.4 Å². The third kappa shape index (κ3) is 5.09. The molecule has 1 atom stereocenters. The SMILES string of the molecule is Cl.NC(=O)c1ccc([C@H](CC(=O)O)C(=O)O)c2c1OCCCc1cc(N)ccc1C(=O)O2. The van der Waals surface area contributed by atoms with E-state index in [2.05, 4.69) is 0 Å². The monoisotopic (exact) mass is 464 g/mol. The summed E-state index contributed by atoms with van der Waals surface area (Å²) >= 11 is 0. The highest BCUT2D eigenvalue weighted by Crippen LogP contribution is 2.41. The van der Waals surface area contributed by atoms with Gasteiger partial charge >= 0.3 is 17.9 Å². The fraction of sp³-hybridized carbons (Fsp3) is 0.238. The molecule has 0 radical (unpaired) electrons. The number of amides is 1. The number of nitrogen functional groups attached to an aromatic ring is 1. The summed E-state index contributed by atoms with van der Waals surface area (Å²) in [5.74, 6) is -6.63. The predicted octanol–water partition coefficient (Wildman–Crippen LogP) is 1.98. The maximum atomic E-state index is 12.9. The number of primary amides is 1. The summed E-state index contributed by atoms with van der Waals surface area (Å²) in [6.07, 6.45) is 0.110. The summed E-state index contributed by atoms with van der Waals surface area (Å²) in [4.78, 5) is 47.9. The summed E-state index contributed by atoms with van der Waals surface area (Å²) in [6, 6.07) is 7.06. The normalized spacial score (nSPS) is 13.8. The van der Waals surface area contributed by atoms with Crippen molar-refractivity contribution in [1.29, 1.82) is 0 Å². The maximum absolute atomic E-state index is 12.9. The molecule has 170 valence electrons. The molecule has 1 amide bonds. The van der Waals surface area contributed by atoms with Gasteiger partial charge in [0.2, 0.25) is 0 Å². The number of nitrogens with two attached hydrogens (primary N) is 2. The number of esters is 1. The first kappa shape index (κ1) is 24.5. The molecule has 11 heteroatoms. The second-order valence-corrected chi connectivity index (χ2v) is 6.97. The van der Waals surface area contributed by atoms with Crippen molar-refractivity contribution in [3.63, 3.8) is 0 Å². The Morgan fingerprint density at radius 3 is 2.44 bits per heavy atom.